The van der Waals surface area contributed by atoms with E-state index in [2.05, 4.69) is 44.4 Å². The maximum atomic E-state index is 14.1. The zero-order chi connectivity index (χ0) is 20.2. The molecule has 4 rings (SSSR count). The highest BCUT2D eigenvalue weighted by atomic mass is 19.1. The summed E-state index contributed by atoms with van der Waals surface area (Å²) in [6.45, 7) is 5.48. The number of halogens is 1. The zero-order valence-electron chi connectivity index (χ0n) is 16.3. The summed E-state index contributed by atoms with van der Waals surface area (Å²) in [5, 5.41) is 6.31. The third-order valence-corrected chi connectivity index (χ3v) is 4.33. The average Bonchev–Trinajstić information content (AvgIpc) is 3.05. The van der Waals surface area contributed by atoms with Crippen molar-refractivity contribution in [2.45, 2.75) is 34.4 Å². The van der Waals surface area contributed by atoms with E-state index in [0.29, 0.717) is 47.8 Å². The molecule has 0 aliphatic rings. The predicted molar refractivity (Wildman–Crippen MR) is 118 cm³/mol. The molecule has 2 N–H and O–H groups in total. The number of para-hydroxylation sites is 1. The van der Waals surface area contributed by atoms with E-state index in [9.17, 15) is 4.39 Å². The lowest BCUT2D eigenvalue weighted by Crippen LogP contribution is -2.10. The summed E-state index contributed by atoms with van der Waals surface area (Å²) in [5.74, 6) is 1.07. The van der Waals surface area contributed by atoms with Crippen molar-refractivity contribution in [3.8, 4) is 0 Å². The number of fused-ring (bicyclic) bond motifs is 1. The molecule has 0 aliphatic heterocycles. The summed E-state index contributed by atoms with van der Waals surface area (Å²) in [4.78, 5) is 17.7. The van der Waals surface area contributed by atoms with Gasteiger partial charge in [0.1, 0.15) is 11.3 Å². The lowest BCUT2D eigenvalue weighted by molar-refractivity contribution is 0.534. The highest BCUT2D eigenvalue weighted by Crippen LogP contribution is 2.24. The van der Waals surface area contributed by atoms with Gasteiger partial charge in [0, 0.05) is 25.5 Å². The van der Waals surface area contributed by atoms with E-state index >= 15 is 0 Å². The fourth-order valence-corrected chi connectivity index (χ4v) is 3.00. The van der Waals surface area contributed by atoms with E-state index in [-0.39, 0.29) is 13.2 Å². The molecule has 3 aromatic heterocycles. The number of imidazole rings is 1. The Kier molecular flexibility index (Phi) is 6.56. The minimum Gasteiger partial charge on any atom is -0.350 e. The van der Waals surface area contributed by atoms with Crippen LogP contribution in [0.5, 0.6) is 0 Å². The van der Waals surface area contributed by atoms with Gasteiger partial charge in [-0.1, -0.05) is 39.5 Å². The van der Waals surface area contributed by atoms with Gasteiger partial charge >= 0.3 is 0 Å². The number of anilines is 3. The Bertz CT molecular complexity index is 1110. The molecule has 8 heteroatoms. The maximum absolute atomic E-state index is 14.1. The van der Waals surface area contributed by atoms with Crippen LogP contribution in [0.15, 0.2) is 55.0 Å². The van der Waals surface area contributed by atoms with Crippen molar-refractivity contribution in [2.24, 2.45) is 5.92 Å². The van der Waals surface area contributed by atoms with Gasteiger partial charge in [0.05, 0.1) is 11.9 Å². The van der Waals surface area contributed by atoms with Crippen molar-refractivity contribution >= 4 is 28.7 Å². The Morgan fingerprint density at radius 2 is 1.90 bits per heavy atom. The van der Waals surface area contributed by atoms with Crippen molar-refractivity contribution in [1.82, 2.24) is 24.5 Å². The van der Waals surface area contributed by atoms with Crippen LogP contribution in [-0.2, 0) is 13.1 Å². The zero-order valence-corrected chi connectivity index (χ0v) is 16.3. The van der Waals surface area contributed by atoms with Crippen molar-refractivity contribution in [1.29, 1.82) is 0 Å². The monoisotopic (exact) mass is 407 g/mol. The highest BCUT2D eigenvalue weighted by molar-refractivity contribution is 5.76. The normalized spacial score (nSPS) is 10.8. The number of pyridine rings is 1. The first-order chi connectivity index (χ1) is 14.1. The van der Waals surface area contributed by atoms with Crippen LogP contribution in [0.3, 0.4) is 0 Å². The Morgan fingerprint density at radius 3 is 2.63 bits per heavy atom. The van der Waals surface area contributed by atoms with E-state index in [1.54, 1.807) is 36.8 Å². The molecule has 1 aromatic carbocycles. The number of hydrogen-bond acceptors (Lipinski definition) is 6. The van der Waals surface area contributed by atoms with Crippen LogP contribution in [0.4, 0.5) is 22.0 Å². The molecular formula is C22H26FN7. The Balaban J connectivity index is 0.00000256. The molecule has 156 valence electrons. The third kappa shape index (κ3) is 4.71. The second-order valence-corrected chi connectivity index (χ2v) is 7.16. The van der Waals surface area contributed by atoms with Gasteiger partial charge in [-0.05, 0) is 29.7 Å². The topological polar surface area (TPSA) is 80.5 Å². The summed E-state index contributed by atoms with van der Waals surface area (Å²) < 4.78 is 16.1. The number of rotatable bonds is 7. The van der Waals surface area contributed by atoms with Gasteiger partial charge in [0.2, 0.25) is 11.9 Å². The number of hydrogen-bond donors (Lipinski definition) is 2. The van der Waals surface area contributed by atoms with Crippen molar-refractivity contribution in [2.75, 3.05) is 10.6 Å². The fraction of sp³-hybridized carbons (Fsp3) is 0.273. The van der Waals surface area contributed by atoms with Crippen LogP contribution in [0.2, 0.25) is 0 Å². The summed E-state index contributed by atoms with van der Waals surface area (Å²) in [6, 6.07) is 10.4. The van der Waals surface area contributed by atoms with Crippen LogP contribution in [0, 0.1) is 11.7 Å². The van der Waals surface area contributed by atoms with Crippen molar-refractivity contribution in [3.63, 3.8) is 0 Å². The smallest absolute Gasteiger partial charge is 0.225 e. The maximum Gasteiger partial charge on any atom is 0.225 e. The molecule has 0 radical (unpaired) electrons. The van der Waals surface area contributed by atoms with Gasteiger partial charge in [0.25, 0.3) is 0 Å². The molecule has 0 spiro atoms. The lowest BCUT2D eigenvalue weighted by Gasteiger charge is -2.13. The minimum absolute atomic E-state index is 0. The van der Waals surface area contributed by atoms with Crippen molar-refractivity contribution < 1.29 is 4.39 Å². The first-order valence-electron chi connectivity index (χ1n) is 9.48. The van der Waals surface area contributed by atoms with E-state index < -0.39 is 0 Å². The largest absolute Gasteiger partial charge is 0.350 e. The number of nitrogens with zero attached hydrogens (tertiary/aromatic N) is 5. The predicted octanol–water partition coefficient (Wildman–Crippen LogP) is 5.01. The van der Waals surface area contributed by atoms with Crippen LogP contribution in [0.1, 0.15) is 26.8 Å². The highest BCUT2D eigenvalue weighted by Gasteiger charge is 2.16. The molecule has 4 aromatic rings. The number of benzene rings is 1. The summed E-state index contributed by atoms with van der Waals surface area (Å²) >= 11 is 0. The SMILES string of the molecule is C.CC(C)Cn1c(Nc2ccccc2F)nc2cnc(NCc3cccnc3)nc21. The Morgan fingerprint density at radius 1 is 1.07 bits per heavy atom. The molecule has 0 bridgehead atoms. The standard InChI is InChI=1S/C21H22FN7.CH4/c1-14(2)13-29-19-18(27-21(29)26-17-8-4-3-7-16(17)22)12-25-20(28-19)24-11-15-6-5-9-23-10-15;/h3-10,12,14H,11,13H2,1-2H3,(H,26,27)(H,24,25,28);1H4. The molecule has 7 nitrogen and oxygen atoms in total. The average molecular weight is 407 g/mol. The molecule has 0 amide bonds. The van der Waals surface area contributed by atoms with Gasteiger partial charge < -0.3 is 10.6 Å². The number of aromatic nitrogens is 5. The van der Waals surface area contributed by atoms with E-state index in [0.717, 1.165) is 5.56 Å². The van der Waals surface area contributed by atoms with E-state index in [4.69, 9.17) is 0 Å². The molecule has 0 fully saturated rings. The van der Waals surface area contributed by atoms with Crippen LogP contribution in [0.25, 0.3) is 11.2 Å². The first kappa shape index (κ1) is 21.2. The molecule has 30 heavy (non-hydrogen) atoms. The van der Waals surface area contributed by atoms with Gasteiger partial charge in [0.15, 0.2) is 5.65 Å². The van der Waals surface area contributed by atoms with Gasteiger partial charge in [-0.15, -0.1) is 0 Å². The lowest BCUT2D eigenvalue weighted by atomic mass is 10.2. The van der Waals surface area contributed by atoms with Gasteiger partial charge in [-0.25, -0.2) is 14.4 Å². The second kappa shape index (κ2) is 9.30. The number of nitrogens with one attached hydrogen (secondary N) is 2. The molecule has 0 saturated heterocycles. The van der Waals surface area contributed by atoms with Crippen LogP contribution < -0.4 is 10.6 Å². The second-order valence-electron chi connectivity index (χ2n) is 7.16. The molecule has 3 heterocycles. The van der Waals surface area contributed by atoms with Gasteiger partial charge in [-0.3, -0.25) is 9.55 Å². The summed E-state index contributed by atoms with van der Waals surface area (Å²) in [7, 11) is 0. The first-order valence-corrected chi connectivity index (χ1v) is 9.48. The summed E-state index contributed by atoms with van der Waals surface area (Å²) in [5.41, 5.74) is 2.75. The minimum atomic E-state index is -0.333. The molecule has 0 unspecified atom stereocenters. The Hall–Kier alpha value is -3.55. The summed E-state index contributed by atoms with van der Waals surface area (Å²) in [6.07, 6.45) is 5.21. The molecular weight excluding hydrogens is 381 g/mol. The fourth-order valence-electron chi connectivity index (χ4n) is 3.00. The third-order valence-electron chi connectivity index (χ3n) is 4.33. The van der Waals surface area contributed by atoms with Crippen molar-refractivity contribution in [3.05, 3.63) is 66.4 Å². The van der Waals surface area contributed by atoms with E-state index in [1.165, 1.54) is 6.07 Å². The quantitative estimate of drug-likeness (QED) is 0.448. The molecule has 0 atom stereocenters. The Labute approximate surface area is 175 Å². The van der Waals surface area contributed by atoms with E-state index in [1.807, 2.05) is 16.7 Å². The molecule has 0 saturated carbocycles. The molecule has 0 aliphatic carbocycles. The van der Waals surface area contributed by atoms with Gasteiger partial charge in [-0.2, -0.15) is 4.98 Å². The van der Waals surface area contributed by atoms with Crippen LogP contribution in [-0.4, -0.2) is 24.5 Å². The van der Waals surface area contributed by atoms with Crippen LogP contribution >= 0.6 is 0 Å².